The highest BCUT2D eigenvalue weighted by Gasteiger charge is 2.21. The topological polar surface area (TPSA) is 84.2 Å². The van der Waals surface area contributed by atoms with Gasteiger partial charge in [0.2, 0.25) is 11.8 Å². The fourth-order valence-electron chi connectivity index (χ4n) is 1.86. The number of amides is 2. The van der Waals surface area contributed by atoms with Crippen LogP contribution in [0.25, 0.3) is 0 Å². The maximum atomic E-state index is 11.9. The molecule has 1 aromatic carbocycles. The van der Waals surface area contributed by atoms with E-state index in [1.807, 2.05) is 51.1 Å². The summed E-state index contributed by atoms with van der Waals surface area (Å²) in [5, 5.41) is 5.50. The van der Waals surface area contributed by atoms with Crippen LogP contribution in [0.1, 0.15) is 45.7 Å². The Kier molecular flexibility index (Phi) is 8.12. The third-order valence-corrected chi connectivity index (χ3v) is 2.90. The highest BCUT2D eigenvalue weighted by atomic mass is 35.5. The van der Waals surface area contributed by atoms with Gasteiger partial charge in [0.15, 0.2) is 0 Å². The third-order valence-electron chi connectivity index (χ3n) is 2.90. The minimum absolute atomic E-state index is 0. The molecule has 0 saturated carbocycles. The number of nitrogens with two attached hydrogens (primary N) is 1. The van der Waals surface area contributed by atoms with Crippen molar-refractivity contribution >= 4 is 24.2 Å². The molecule has 0 aromatic heterocycles. The Balaban J connectivity index is 0.00000441. The van der Waals surface area contributed by atoms with E-state index >= 15 is 0 Å². The maximum Gasteiger partial charge on any atom is 0.242 e. The van der Waals surface area contributed by atoms with E-state index in [2.05, 4.69) is 10.6 Å². The van der Waals surface area contributed by atoms with Crippen LogP contribution in [-0.4, -0.2) is 23.4 Å². The predicted octanol–water partition coefficient (Wildman–Crippen LogP) is 1.92. The molecule has 0 saturated heterocycles. The number of halogens is 1. The Hall–Kier alpha value is -1.59. The Labute approximate surface area is 138 Å². The van der Waals surface area contributed by atoms with Crippen LogP contribution >= 0.6 is 12.4 Å². The van der Waals surface area contributed by atoms with Crippen LogP contribution in [0.2, 0.25) is 0 Å². The Morgan fingerprint density at radius 1 is 1.18 bits per heavy atom. The zero-order valence-corrected chi connectivity index (χ0v) is 14.4. The molecule has 6 heteroatoms. The van der Waals surface area contributed by atoms with Crippen LogP contribution in [0.4, 0.5) is 0 Å². The van der Waals surface area contributed by atoms with Crippen molar-refractivity contribution in [2.75, 3.05) is 0 Å². The standard InChI is InChI=1S/C16H25N3O2.ClH/c1-11(15(21)19-16(2,3)4)18-14(20)10-13(17)12-8-6-5-7-9-12;/h5-9,11,13H,10,17H2,1-4H3,(H,18,20)(H,19,21);1H. The van der Waals surface area contributed by atoms with Gasteiger partial charge in [0.25, 0.3) is 0 Å². The first-order valence-corrected chi connectivity index (χ1v) is 7.11. The second-order valence-corrected chi connectivity index (χ2v) is 6.25. The summed E-state index contributed by atoms with van der Waals surface area (Å²) in [6, 6.07) is 8.47. The summed E-state index contributed by atoms with van der Waals surface area (Å²) >= 11 is 0. The molecular formula is C16H26ClN3O2. The second kappa shape index (κ2) is 8.76. The lowest BCUT2D eigenvalue weighted by molar-refractivity contribution is -0.129. The van der Waals surface area contributed by atoms with E-state index < -0.39 is 6.04 Å². The molecule has 0 bridgehead atoms. The van der Waals surface area contributed by atoms with Crippen molar-refractivity contribution in [1.82, 2.24) is 10.6 Å². The van der Waals surface area contributed by atoms with Gasteiger partial charge in [-0.1, -0.05) is 30.3 Å². The Morgan fingerprint density at radius 3 is 2.23 bits per heavy atom. The lowest BCUT2D eigenvalue weighted by Crippen LogP contribution is -2.51. The van der Waals surface area contributed by atoms with Crippen molar-refractivity contribution in [1.29, 1.82) is 0 Å². The average Bonchev–Trinajstić information content (AvgIpc) is 2.37. The monoisotopic (exact) mass is 327 g/mol. The number of hydrogen-bond acceptors (Lipinski definition) is 3. The van der Waals surface area contributed by atoms with Gasteiger partial charge in [-0.3, -0.25) is 9.59 Å². The molecule has 1 aromatic rings. The number of carbonyl (C=O) groups excluding carboxylic acids is 2. The van der Waals surface area contributed by atoms with Crippen LogP contribution in [0.15, 0.2) is 30.3 Å². The summed E-state index contributed by atoms with van der Waals surface area (Å²) in [4.78, 5) is 23.8. The largest absolute Gasteiger partial charge is 0.350 e. The summed E-state index contributed by atoms with van der Waals surface area (Å²) in [7, 11) is 0. The van der Waals surface area contributed by atoms with E-state index in [0.717, 1.165) is 5.56 Å². The summed E-state index contributed by atoms with van der Waals surface area (Å²) < 4.78 is 0. The second-order valence-electron chi connectivity index (χ2n) is 6.25. The number of rotatable bonds is 5. The minimum atomic E-state index is -0.584. The van der Waals surface area contributed by atoms with E-state index in [0.29, 0.717) is 0 Å². The molecule has 0 heterocycles. The summed E-state index contributed by atoms with van der Waals surface area (Å²) in [6.45, 7) is 7.34. The lowest BCUT2D eigenvalue weighted by Gasteiger charge is -2.24. The van der Waals surface area contributed by atoms with E-state index in [-0.39, 0.29) is 42.2 Å². The van der Waals surface area contributed by atoms with Gasteiger partial charge in [0.05, 0.1) is 0 Å². The molecular weight excluding hydrogens is 302 g/mol. The molecule has 0 fully saturated rings. The minimum Gasteiger partial charge on any atom is -0.350 e. The number of benzene rings is 1. The van der Waals surface area contributed by atoms with Gasteiger partial charge in [0.1, 0.15) is 6.04 Å². The summed E-state index contributed by atoms with van der Waals surface area (Å²) in [5.41, 5.74) is 6.57. The van der Waals surface area contributed by atoms with Gasteiger partial charge < -0.3 is 16.4 Å². The molecule has 4 N–H and O–H groups in total. The first-order valence-electron chi connectivity index (χ1n) is 7.11. The van der Waals surface area contributed by atoms with Gasteiger partial charge in [-0.2, -0.15) is 0 Å². The van der Waals surface area contributed by atoms with Crippen molar-refractivity contribution < 1.29 is 9.59 Å². The van der Waals surface area contributed by atoms with E-state index in [1.54, 1.807) is 6.92 Å². The van der Waals surface area contributed by atoms with Crippen molar-refractivity contribution in [3.05, 3.63) is 35.9 Å². The van der Waals surface area contributed by atoms with Crippen molar-refractivity contribution in [3.8, 4) is 0 Å². The Bertz CT molecular complexity index is 486. The fourth-order valence-corrected chi connectivity index (χ4v) is 1.86. The average molecular weight is 328 g/mol. The fraction of sp³-hybridized carbons (Fsp3) is 0.500. The lowest BCUT2D eigenvalue weighted by atomic mass is 10.0. The highest BCUT2D eigenvalue weighted by molar-refractivity contribution is 5.87. The summed E-state index contributed by atoms with van der Waals surface area (Å²) in [6.07, 6.45) is 0.150. The molecule has 0 spiro atoms. The number of nitrogens with one attached hydrogen (secondary N) is 2. The molecule has 0 aliphatic rings. The van der Waals surface area contributed by atoms with Crippen molar-refractivity contribution in [2.24, 2.45) is 5.73 Å². The number of hydrogen-bond donors (Lipinski definition) is 3. The molecule has 0 radical (unpaired) electrons. The summed E-state index contributed by atoms with van der Waals surface area (Å²) in [5.74, 6) is -0.438. The molecule has 5 nitrogen and oxygen atoms in total. The van der Waals surface area contributed by atoms with Crippen molar-refractivity contribution in [2.45, 2.75) is 51.7 Å². The molecule has 1 rings (SSSR count). The molecule has 2 amide bonds. The van der Waals surface area contributed by atoms with Crippen LogP contribution in [0, 0.1) is 0 Å². The van der Waals surface area contributed by atoms with Crippen LogP contribution in [-0.2, 0) is 9.59 Å². The first-order chi connectivity index (χ1) is 9.69. The first kappa shape index (κ1) is 20.4. The van der Waals surface area contributed by atoms with E-state index in [1.165, 1.54) is 0 Å². The van der Waals surface area contributed by atoms with Crippen molar-refractivity contribution in [3.63, 3.8) is 0 Å². The quantitative estimate of drug-likeness (QED) is 0.772. The number of carbonyl (C=O) groups is 2. The predicted molar refractivity (Wildman–Crippen MR) is 90.7 cm³/mol. The molecule has 2 atom stereocenters. The zero-order valence-electron chi connectivity index (χ0n) is 13.6. The highest BCUT2D eigenvalue weighted by Crippen LogP contribution is 2.13. The molecule has 0 aliphatic heterocycles. The smallest absolute Gasteiger partial charge is 0.242 e. The van der Waals surface area contributed by atoms with Gasteiger partial charge in [0, 0.05) is 18.0 Å². The van der Waals surface area contributed by atoms with E-state index in [9.17, 15) is 9.59 Å². The van der Waals surface area contributed by atoms with E-state index in [4.69, 9.17) is 5.73 Å². The van der Waals surface area contributed by atoms with Gasteiger partial charge in [-0.15, -0.1) is 12.4 Å². The molecule has 2 unspecified atom stereocenters. The molecule has 22 heavy (non-hydrogen) atoms. The van der Waals surface area contributed by atoms with Crippen LogP contribution < -0.4 is 16.4 Å². The molecule has 124 valence electrons. The van der Waals surface area contributed by atoms with Gasteiger partial charge >= 0.3 is 0 Å². The van der Waals surface area contributed by atoms with Gasteiger partial charge in [-0.25, -0.2) is 0 Å². The SMILES string of the molecule is CC(NC(=O)CC(N)c1ccccc1)C(=O)NC(C)(C)C.Cl. The van der Waals surface area contributed by atoms with Crippen LogP contribution in [0.5, 0.6) is 0 Å². The Morgan fingerprint density at radius 2 is 1.73 bits per heavy atom. The molecule has 0 aliphatic carbocycles. The van der Waals surface area contributed by atoms with Gasteiger partial charge in [-0.05, 0) is 33.3 Å². The maximum absolute atomic E-state index is 11.9. The normalized spacial score (nSPS) is 13.5. The van der Waals surface area contributed by atoms with Crippen LogP contribution in [0.3, 0.4) is 0 Å². The zero-order chi connectivity index (χ0) is 16.0. The third kappa shape index (κ3) is 7.43.